The van der Waals surface area contributed by atoms with E-state index < -0.39 is 0 Å². The molecular formula is C18H22ClN5O. The maximum Gasteiger partial charge on any atom is 0.229 e. The lowest BCUT2D eigenvalue weighted by Crippen LogP contribution is -2.46. The van der Waals surface area contributed by atoms with Crippen LogP contribution in [0.1, 0.15) is 12.5 Å². The molecule has 0 unspecified atom stereocenters. The molecule has 0 bridgehead atoms. The highest BCUT2D eigenvalue weighted by molar-refractivity contribution is 6.30. The molecule has 1 fully saturated rings. The smallest absolute Gasteiger partial charge is 0.229 e. The molecule has 132 valence electrons. The van der Waals surface area contributed by atoms with E-state index in [9.17, 15) is 4.79 Å². The highest BCUT2D eigenvalue weighted by atomic mass is 35.5. The van der Waals surface area contributed by atoms with Gasteiger partial charge < -0.3 is 15.1 Å². The predicted molar refractivity (Wildman–Crippen MR) is 100 cm³/mol. The summed E-state index contributed by atoms with van der Waals surface area (Å²) >= 11 is 5.85. The zero-order chi connectivity index (χ0) is 17.6. The van der Waals surface area contributed by atoms with E-state index in [0.717, 1.165) is 44.1 Å². The number of nitrogens with zero attached hydrogens (tertiary/aromatic N) is 4. The van der Waals surface area contributed by atoms with Crippen molar-refractivity contribution in [2.24, 2.45) is 0 Å². The molecule has 0 spiro atoms. The highest BCUT2D eigenvalue weighted by Gasteiger charge is 2.17. The molecule has 2 aromatic rings. The van der Waals surface area contributed by atoms with Crippen molar-refractivity contribution in [3.8, 4) is 0 Å². The highest BCUT2D eigenvalue weighted by Crippen LogP contribution is 2.15. The number of hydrogen-bond acceptors (Lipinski definition) is 5. The second kappa shape index (κ2) is 8.27. The van der Waals surface area contributed by atoms with Crippen molar-refractivity contribution in [3.63, 3.8) is 0 Å². The summed E-state index contributed by atoms with van der Waals surface area (Å²) in [5.41, 5.74) is 0.903. The maximum absolute atomic E-state index is 12.1. The summed E-state index contributed by atoms with van der Waals surface area (Å²) in [5.74, 6) is 1.20. The van der Waals surface area contributed by atoms with Crippen LogP contribution in [0.15, 0.2) is 36.4 Å². The summed E-state index contributed by atoms with van der Waals surface area (Å²) < 4.78 is 0. The summed E-state index contributed by atoms with van der Waals surface area (Å²) in [4.78, 5) is 16.7. The number of carbonyl (C=O) groups is 1. The third-order valence-corrected chi connectivity index (χ3v) is 4.59. The predicted octanol–water partition coefficient (Wildman–Crippen LogP) is 2.45. The largest absolute Gasteiger partial charge is 0.353 e. The fourth-order valence-electron chi connectivity index (χ4n) is 2.83. The van der Waals surface area contributed by atoms with Crippen LogP contribution in [0, 0.1) is 0 Å². The molecule has 0 radical (unpaired) electrons. The Hall–Kier alpha value is -2.18. The van der Waals surface area contributed by atoms with E-state index in [4.69, 9.17) is 11.6 Å². The lowest BCUT2D eigenvalue weighted by Gasteiger charge is -2.34. The van der Waals surface area contributed by atoms with Crippen molar-refractivity contribution >= 4 is 29.1 Å². The van der Waals surface area contributed by atoms with Crippen LogP contribution in [0.25, 0.3) is 0 Å². The summed E-state index contributed by atoms with van der Waals surface area (Å²) in [5, 5.41) is 11.8. The van der Waals surface area contributed by atoms with Crippen LogP contribution in [-0.2, 0) is 11.2 Å². The normalized spacial score (nSPS) is 15.2. The number of halogens is 1. The number of aromatic nitrogens is 2. The van der Waals surface area contributed by atoms with Crippen molar-refractivity contribution in [3.05, 3.63) is 47.0 Å². The fraction of sp³-hybridized carbons (Fsp3) is 0.389. The SMILES string of the molecule is CCN1CCN(c2ccc(NC(=O)Cc3ccc(Cl)cc3)nn2)CC1. The van der Waals surface area contributed by atoms with Gasteiger partial charge in [-0.3, -0.25) is 4.79 Å². The van der Waals surface area contributed by atoms with Crippen LogP contribution >= 0.6 is 11.6 Å². The van der Waals surface area contributed by atoms with Crippen LogP contribution < -0.4 is 10.2 Å². The average Bonchev–Trinajstić information content (AvgIpc) is 2.64. The minimum Gasteiger partial charge on any atom is -0.353 e. The monoisotopic (exact) mass is 359 g/mol. The number of rotatable bonds is 5. The minimum absolute atomic E-state index is 0.124. The topological polar surface area (TPSA) is 61.4 Å². The molecule has 0 atom stereocenters. The molecule has 25 heavy (non-hydrogen) atoms. The first-order valence-electron chi connectivity index (χ1n) is 8.49. The van der Waals surface area contributed by atoms with E-state index in [0.29, 0.717) is 10.8 Å². The Morgan fingerprint density at radius 1 is 1.08 bits per heavy atom. The molecule has 1 saturated heterocycles. The number of nitrogens with one attached hydrogen (secondary N) is 1. The number of anilines is 2. The van der Waals surface area contributed by atoms with Gasteiger partial charge in [0.15, 0.2) is 11.6 Å². The van der Waals surface area contributed by atoms with Crippen LogP contribution in [-0.4, -0.2) is 53.7 Å². The molecule has 1 N–H and O–H groups in total. The Balaban J connectivity index is 1.53. The molecule has 1 aliphatic heterocycles. The van der Waals surface area contributed by atoms with Gasteiger partial charge in [0, 0.05) is 31.2 Å². The number of benzene rings is 1. The molecule has 3 rings (SSSR count). The molecule has 2 heterocycles. The van der Waals surface area contributed by atoms with E-state index >= 15 is 0 Å². The van der Waals surface area contributed by atoms with Crippen LogP contribution in [0.2, 0.25) is 5.02 Å². The first kappa shape index (κ1) is 17.6. The summed E-state index contributed by atoms with van der Waals surface area (Å²) in [6.45, 7) is 7.24. The van der Waals surface area contributed by atoms with Crippen molar-refractivity contribution in [2.75, 3.05) is 42.9 Å². The minimum atomic E-state index is -0.124. The van der Waals surface area contributed by atoms with Gasteiger partial charge in [-0.2, -0.15) is 0 Å². The van der Waals surface area contributed by atoms with E-state index in [1.165, 1.54) is 0 Å². The Kier molecular flexibility index (Phi) is 5.83. The Bertz CT molecular complexity index is 696. The number of amides is 1. The van der Waals surface area contributed by atoms with E-state index in [-0.39, 0.29) is 12.3 Å². The Labute approximate surface area is 152 Å². The third kappa shape index (κ3) is 4.90. The molecule has 1 aliphatic rings. The lowest BCUT2D eigenvalue weighted by molar-refractivity contribution is -0.115. The van der Waals surface area contributed by atoms with Gasteiger partial charge >= 0.3 is 0 Å². The van der Waals surface area contributed by atoms with Gasteiger partial charge in [-0.25, -0.2) is 0 Å². The van der Waals surface area contributed by atoms with Gasteiger partial charge in [0.05, 0.1) is 6.42 Å². The molecule has 7 heteroatoms. The number of carbonyl (C=O) groups excluding carboxylic acids is 1. The third-order valence-electron chi connectivity index (χ3n) is 4.34. The van der Waals surface area contributed by atoms with Crippen LogP contribution in [0.4, 0.5) is 11.6 Å². The van der Waals surface area contributed by atoms with Crippen LogP contribution in [0.3, 0.4) is 0 Å². The summed E-state index contributed by atoms with van der Waals surface area (Å²) in [6.07, 6.45) is 0.277. The standard InChI is InChI=1S/C18H22ClN5O/c1-2-23-9-11-24(12-10-23)17-8-7-16(21-22-17)20-18(25)13-14-3-5-15(19)6-4-14/h3-8H,2,9-13H2,1H3,(H,20,21,25). The maximum atomic E-state index is 12.1. The quantitative estimate of drug-likeness (QED) is 0.888. The molecular weight excluding hydrogens is 338 g/mol. The Morgan fingerprint density at radius 3 is 2.40 bits per heavy atom. The molecule has 1 aromatic carbocycles. The number of likely N-dealkylation sites (N-methyl/N-ethyl adjacent to an activating group) is 1. The van der Waals surface area contributed by atoms with Crippen molar-refractivity contribution in [1.82, 2.24) is 15.1 Å². The van der Waals surface area contributed by atoms with Gasteiger partial charge in [0.2, 0.25) is 5.91 Å². The van der Waals surface area contributed by atoms with E-state index in [1.807, 2.05) is 18.2 Å². The van der Waals surface area contributed by atoms with Gasteiger partial charge in [-0.1, -0.05) is 30.7 Å². The van der Waals surface area contributed by atoms with Crippen molar-refractivity contribution in [2.45, 2.75) is 13.3 Å². The zero-order valence-corrected chi connectivity index (χ0v) is 15.0. The number of hydrogen-bond donors (Lipinski definition) is 1. The molecule has 0 saturated carbocycles. The number of piperazine rings is 1. The average molecular weight is 360 g/mol. The van der Waals surface area contributed by atoms with Crippen LogP contribution in [0.5, 0.6) is 0 Å². The van der Waals surface area contributed by atoms with Gasteiger partial charge in [-0.15, -0.1) is 10.2 Å². The van der Waals surface area contributed by atoms with E-state index in [2.05, 4.69) is 32.2 Å². The molecule has 1 aromatic heterocycles. The van der Waals surface area contributed by atoms with Gasteiger partial charge in [0.25, 0.3) is 0 Å². The van der Waals surface area contributed by atoms with Gasteiger partial charge in [-0.05, 0) is 36.4 Å². The molecule has 0 aliphatic carbocycles. The summed E-state index contributed by atoms with van der Waals surface area (Å²) in [7, 11) is 0. The van der Waals surface area contributed by atoms with Crippen molar-refractivity contribution in [1.29, 1.82) is 0 Å². The first-order valence-corrected chi connectivity index (χ1v) is 8.87. The van der Waals surface area contributed by atoms with E-state index in [1.54, 1.807) is 18.2 Å². The van der Waals surface area contributed by atoms with Crippen molar-refractivity contribution < 1.29 is 4.79 Å². The molecule has 6 nitrogen and oxygen atoms in total. The van der Waals surface area contributed by atoms with Gasteiger partial charge in [0.1, 0.15) is 0 Å². The summed E-state index contributed by atoms with van der Waals surface area (Å²) in [6, 6.07) is 10.9. The fourth-order valence-corrected chi connectivity index (χ4v) is 2.95. The molecule has 1 amide bonds. The second-order valence-electron chi connectivity index (χ2n) is 6.05. The zero-order valence-electron chi connectivity index (χ0n) is 14.3. The first-order chi connectivity index (χ1) is 12.1. The lowest BCUT2D eigenvalue weighted by atomic mass is 10.1. The second-order valence-corrected chi connectivity index (χ2v) is 6.49. The Morgan fingerprint density at radius 2 is 1.80 bits per heavy atom.